The van der Waals surface area contributed by atoms with Gasteiger partial charge in [0.2, 0.25) is 0 Å². The third-order valence-electron chi connectivity index (χ3n) is 5.84. The van der Waals surface area contributed by atoms with Gasteiger partial charge in [-0.2, -0.15) is 0 Å². The Morgan fingerprint density at radius 2 is 2.00 bits per heavy atom. The lowest BCUT2D eigenvalue weighted by Crippen LogP contribution is -2.35. The van der Waals surface area contributed by atoms with Gasteiger partial charge in [0.1, 0.15) is 6.10 Å². The highest BCUT2D eigenvalue weighted by Crippen LogP contribution is 2.42. The van der Waals surface area contributed by atoms with Crippen molar-refractivity contribution in [2.75, 3.05) is 0 Å². The fraction of sp³-hybridized carbons (Fsp3) is 0.500. The second-order valence-corrected chi connectivity index (χ2v) is 7.72. The number of dihydropyridines is 1. The minimum Gasteiger partial charge on any atom is -0.459 e. The van der Waals surface area contributed by atoms with Crippen LogP contribution in [0.5, 0.6) is 0 Å². The Balaban J connectivity index is 1.71. The van der Waals surface area contributed by atoms with E-state index in [1.165, 1.54) is 6.42 Å². The lowest BCUT2D eigenvalue weighted by atomic mass is 9.75. The van der Waals surface area contributed by atoms with Crippen LogP contribution in [0, 0.1) is 0 Å². The number of rotatable bonds is 3. The second kappa shape index (κ2) is 7.67. The molecular weight excluding hydrogens is 340 g/mol. The van der Waals surface area contributed by atoms with E-state index in [0.29, 0.717) is 12.0 Å². The summed E-state index contributed by atoms with van der Waals surface area (Å²) in [6, 6.07) is 3.79. The molecule has 142 valence electrons. The van der Waals surface area contributed by atoms with E-state index >= 15 is 0 Å². The van der Waals surface area contributed by atoms with E-state index in [4.69, 9.17) is 4.74 Å². The topological polar surface area (TPSA) is 68.3 Å². The van der Waals surface area contributed by atoms with Crippen LogP contribution in [-0.4, -0.2) is 22.8 Å². The molecule has 1 N–H and O–H groups in total. The third-order valence-corrected chi connectivity index (χ3v) is 5.84. The molecule has 1 atom stereocenters. The Morgan fingerprint density at radius 1 is 1.19 bits per heavy atom. The van der Waals surface area contributed by atoms with Crippen LogP contribution in [0.4, 0.5) is 0 Å². The van der Waals surface area contributed by atoms with Crippen molar-refractivity contribution in [3.63, 3.8) is 0 Å². The number of ether oxygens (including phenoxy) is 1. The van der Waals surface area contributed by atoms with Gasteiger partial charge in [-0.25, -0.2) is 4.79 Å². The van der Waals surface area contributed by atoms with Crippen molar-refractivity contribution in [1.82, 2.24) is 10.3 Å². The fourth-order valence-electron chi connectivity index (χ4n) is 4.53. The highest BCUT2D eigenvalue weighted by atomic mass is 16.5. The first-order valence-electron chi connectivity index (χ1n) is 10.00. The standard InChI is InChI=1S/C22H26N2O3/c1-14-19(22(26)27-16-8-3-2-4-9-16)20(15-7-6-12-23-13-15)21-17(24-14)10-5-11-18(21)25/h6-7,12-13,16,20,24H,2-5,8-11H2,1H3. The van der Waals surface area contributed by atoms with Crippen LogP contribution in [-0.2, 0) is 14.3 Å². The van der Waals surface area contributed by atoms with Crippen LogP contribution in [0.3, 0.4) is 0 Å². The van der Waals surface area contributed by atoms with Crippen molar-refractivity contribution in [2.45, 2.75) is 70.3 Å². The van der Waals surface area contributed by atoms with Crippen LogP contribution in [0.1, 0.15) is 69.8 Å². The van der Waals surface area contributed by atoms with Crippen LogP contribution in [0.15, 0.2) is 47.1 Å². The van der Waals surface area contributed by atoms with Gasteiger partial charge in [-0.1, -0.05) is 12.5 Å². The molecule has 27 heavy (non-hydrogen) atoms. The van der Waals surface area contributed by atoms with Crippen molar-refractivity contribution >= 4 is 11.8 Å². The second-order valence-electron chi connectivity index (χ2n) is 7.72. The molecule has 0 bridgehead atoms. The lowest BCUT2D eigenvalue weighted by molar-refractivity contribution is -0.146. The molecule has 1 aromatic heterocycles. The predicted octanol–water partition coefficient (Wildman–Crippen LogP) is 3.93. The van der Waals surface area contributed by atoms with Gasteiger partial charge in [0, 0.05) is 41.7 Å². The summed E-state index contributed by atoms with van der Waals surface area (Å²) in [6.07, 6.45) is 10.9. The molecular formula is C22H26N2O3. The first kappa shape index (κ1) is 18.0. The number of Topliss-reactive ketones (excluding diaryl/α,β-unsaturated/α-hetero) is 1. The van der Waals surface area contributed by atoms with Crippen molar-refractivity contribution in [3.8, 4) is 0 Å². The summed E-state index contributed by atoms with van der Waals surface area (Å²) in [6.45, 7) is 1.91. The van der Waals surface area contributed by atoms with E-state index in [2.05, 4.69) is 10.3 Å². The quantitative estimate of drug-likeness (QED) is 0.821. The van der Waals surface area contributed by atoms with E-state index in [1.807, 2.05) is 19.1 Å². The van der Waals surface area contributed by atoms with E-state index in [1.54, 1.807) is 12.4 Å². The van der Waals surface area contributed by atoms with E-state index in [0.717, 1.165) is 61.1 Å². The molecule has 0 amide bonds. The maximum absolute atomic E-state index is 13.2. The van der Waals surface area contributed by atoms with E-state index in [9.17, 15) is 9.59 Å². The SMILES string of the molecule is CC1=C(C(=O)OC2CCCCC2)C(c2cccnc2)C2=C(CCCC2=O)N1. The van der Waals surface area contributed by atoms with Gasteiger partial charge in [0.25, 0.3) is 0 Å². The number of hydrogen-bond donors (Lipinski definition) is 1. The molecule has 2 aliphatic carbocycles. The van der Waals surface area contributed by atoms with Crippen LogP contribution in [0.2, 0.25) is 0 Å². The molecule has 4 rings (SSSR count). The Morgan fingerprint density at radius 3 is 2.74 bits per heavy atom. The van der Waals surface area contributed by atoms with Crippen molar-refractivity contribution in [1.29, 1.82) is 0 Å². The highest BCUT2D eigenvalue weighted by Gasteiger charge is 2.39. The largest absolute Gasteiger partial charge is 0.459 e. The summed E-state index contributed by atoms with van der Waals surface area (Å²) in [7, 11) is 0. The van der Waals surface area contributed by atoms with Crippen molar-refractivity contribution in [2.24, 2.45) is 0 Å². The maximum atomic E-state index is 13.2. The molecule has 0 aromatic carbocycles. The van der Waals surface area contributed by atoms with Crippen molar-refractivity contribution < 1.29 is 14.3 Å². The molecule has 0 radical (unpaired) electrons. The Bertz CT molecular complexity index is 804. The summed E-state index contributed by atoms with van der Waals surface area (Å²) in [4.78, 5) is 30.2. The number of esters is 1. The fourth-order valence-corrected chi connectivity index (χ4v) is 4.53. The zero-order chi connectivity index (χ0) is 18.8. The number of carbonyl (C=O) groups is 2. The molecule has 5 heteroatoms. The average molecular weight is 366 g/mol. The molecule has 0 saturated heterocycles. The summed E-state index contributed by atoms with van der Waals surface area (Å²) in [5.74, 6) is -0.572. The van der Waals surface area contributed by atoms with Gasteiger partial charge in [-0.05, 0) is 57.1 Å². The number of ketones is 1. The smallest absolute Gasteiger partial charge is 0.337 e. The third kappa shape index (κ3) is 3.55. The number of hydrogen-bond acceptors (Lipinski definition) is 5. The van der Waals surface area contributed by atoms with Crippen LogP contribution in [0.25, 0.3) is 0 Å². The van der Waals surface area contributed by atoms with Gasteiger partial charge < -0.3 is 10.1 Å². The Labute approximate surface area is 159 Å². The van der Waals surface area contributed by atoms with Gasteiger partial charge in [-0.15, -0.1) is 0 Å². The molecule has 1 aromatic rings. The molecule has 1 unspecified atom stereocenters. The number of nitrogens with one attached hydrogen (secondary N) is 1. The Kier molecular flexibility index (Phi) is 5.10. The predicted molar refractivity (Wildman–Crippen MR) is 102 cm³/mol. The Hall–Kier alpha value is -2.43. The summed E-state index contributed by atoms with van der Waals surface area (Å²) in [5.41, 5.74) is 3.89. The van der Waals surface area contributed by atoms with Crippen LogP contribution >= 0.6 is 0 Å². The van der Waals surface area contributed by atoms with Gasteiger partial charge in [0.05, 0.1) is 5.57 Å². The zero-order valence-corrected chi connectivity index (χ0v) is 15.8. The number of aromatic nitrogens is 1. The first-order valence-corrected chi connectivity index (χ1v) is 10.00. The molecule has 3 aliphatic rings. The number of carbonyl (C=O) groups excluding carboxylic acids is 2. The highest BCUT2D eigenvalue weighted by molar-refractivity contribution is 6.03. The molecule has 1 saturated carbocycles. The number of allylic oxidation sites excluding steroid dienone is 3. The van der Waals surface area contributed by atoms with Gasteiger partial charge in [0.15, 0.2) is 5.78 Å². The summed E-state index contributed by atoms with van der Waals surface area (Å²) in [5, 5.41) is 3.33. The lowest BCUT2D eigenvalue weighted by Gasteiger charge is -2.34. The van der Waals surface area contributed by atoms with Gasteiger partial charge >= 0.3 is 5.97 Å². The molecule has 0 spiro atoms. The maximum Gasteiger partial charge on any atom is 0.337 e. The number of nitrogens with zero attached hydrogens (tertiary/aromatic N) is 1. The first-order chi connectivity index (χ1) is 13.1. The minimum atomic E-state index is -0.390. The van der Waals surface area contributed by atoms with E-state index < -0.39 is 0 Å². The summed E-state index contributed by atoms with van der Waals surface area (Å²) < 4.78 is 5.88. The minimum absolute atomic E-state index is 0.0152. The average Bonchev–Trinajstić information content (AvgIpc) is 2.68. The van der Waals surface area contributed by atoms with Crippen molar-refractivity contribution in [3.05, 3.63) is 52.6 Å². The molecule has 1 fully saturated rings. The monoisotopic (exact) mass is 366 g/mol. The zero-order valence-electron chi connectivity index (χ0n) is 15.8. The van der Waals surface area contributed by atoms with Gasteiger partial charge in [-0.3, -0.25) is 9.78 Å². The molecule has 2 heterocycles. The van der Waals surface area contributed by atoms with E-state index in [-0.39, 0.29) is 23.8 Å². The number of pyridine rings is 1. The molecule has 5 nitrogen and oxygen atoms in total. The normalized spacial score (nSPS) is 23.7. The summed E-state index contributed by atoms with van der Waals surface area (Å²) >= 11 is 0. The molecule has 1 aliphatic heterocycles. The van der Waals surface area contributed by atoms with Crippen LogP contribution < -0.4 is 5.32 Å².